The van der Waals surface area contributed by atoms with Crippen LogP contribution >= 0.6 is 15.9 Å². The molecule has 0 aromatic heterocycles. The molecule has 0 bridgehead atoms. The van der Waals surface area contributed by atoms with Gasteiger partial charge in [0, 0.05) is 29.2 Å². The molecule has 1 aromatic rings. The Morgan fingerprint density at radius 2 is 2.05 bits per heavy atom. The van der Waals surface area contributed by atoms with Crippen LogP contribution in [0.3, 0.4) is 0 Å². The molecule has 0 saturated carbocycles. The first kappa shape index (κ1) is 16.5. The van der Waals surface area contributed by atoms with Gasteiger partial charge in [-0.3, -0.25) is 4.79 Å². The Labute approximate surface area is 133 Å². The molecule has 21 heavy (non-hydrogen) atoms. The summed E-state index contributed by atoms with van der Waals surface area (Å²) in [6.45, 7) is 2.59. The van der Waals surface area contributed by atoms with Crippen molar-refractivity contribution in [3.63, 3.8) is 0 Å². The maximum Gasteiger partial charge on any atom is 0.251 e. The molecule has 0 atom stereocenters. The summed E-state index contributed by atoms with van der Waals surface area (Å²) in [7, 11) is -3.12. The van der Waals surface area contributed by atoms with Crippen molar-refractivity contribution in [3.8, 4) is 0 Å². The average Bonchev–Trinajstić information content (AvgIpc) is 2.48. The zero-order valence-electron chi connectivity index (χ0n) is 11.9. The van der Waals surface area contributed by atoms with Crippen LogP contribution in [-0.2, 0) is 10.0 Å². The molecule has 1 aliphatic rings. The summed E-state index contributed by atoms with van der Waals surface area (Å²) in [6.07, 6.45) is 1.30. The molecular weight excluding hydrogens is 356 g/mol. The van der Waals surface area contributed by atoms with Crippen molar-refractivity contribution >= 4 is 31.9 Å². The minimum atomic E-state index is -3.12. The number of hydrogen-bond donors (Lipinski definition) is 1. The molecule has 1 amide bonds. The molecule has 1 heterocycles. The molecule has 1 saturated heterocycles. The maximum absolute atomic E-state index is 12.1. The van der Waals surface area contributed by atoms with Gasteiger partial charge in [-0.25, -0.2) is 12.7 Å². The van der Waals surface area contributed by atoms with Crippen LogP contribution in [0.2, 0.25) is 0 Å². The normalized spacial score (nSPS) is 17.6. The molecule has 1 aliphatic heterocycles. The van der Waals surface area contributed by atoms with Crippen LogP contribution in [0.25, 0.3) is 0 Å². The van der Waals surface area contributed by atoms with Crippen molar-refractivity contribution < 1.29 is 13.2 Å². The second-order valence-corrected chi connectivity index (χ2v) is 8.23. The molecule has 116 valence electrons. The molecule has 2 rings (SSSR count). The lowest BCUT2D eigenvalue weighted by Gasteiger charge is -2.31. The van der Waals surface area contributed by atoms with Gasteiger partial charge in [0.2, 0.25) is 10.0 Å². The van der Waals surface area contributed by atoms with Crippen LogP contribution in [0, 0.1) is 0 Å². The van der Waals surface area contributed by atoms with Crippen molar-refractivity contribution in [2.75, 3.05) is 18.8 Å². The third kappa shape index (κ3) is 4.28. The van der Waals surface area contributed by atoms with Gasteiger partial charge in [-0.1, -0.05) is 22.0 Å². The van der Waals surface area contributed by atoms with E-state index >= 15 is 0 Å². The first-order chi connectivity index (χ1) is 9.92. The number of hydrogen-bond acceptors (Lipinski definition) is 3. The average molecular weight is 375 g/mol. The van der Waals surface area contributed by atoms with Gasteiger partial charge in [-0.05, 0) is 38.0 Å². The van der Waals surface area contributed by atoms with E-state index in [0.717, 1.165) is 4.47 Å². The van der Waals surface area contributed by atoms with Gasteiger partial charge in [-0.2, -0.15) is 0 Å². The number of amides is 1. The van der Waals surface area contributed by atoms with E-state index in [0.29, 0.717) is 31.5 Å². The number of rotatable bonds is 4. The highest BCUT2D eigenvalue weighted by atomic mass is 79.9. The lowest BCUT2D eigenvalue weighted by atomic mass is 10.1. The molecule has 1 fully saturated rings. The molecule has 0 spiro atoms. The molecule has 0 aliphatic carbocycles. The first-order valence-corrected chi connectivity index (χ1v) is 9.37. The molecule has 0 radical (unpaired) electrons. The van der Waals surface area contributed by atoms with Gasteiger partial charge in [0.25, 0.3) is 5.91 Å². The van der Waals surface area contributed by atoms with Crippen LogP contribution in [0.5, 0.6) is 0 Å². The summed E-state index contributed by atoms with van der Waals surface area (Å²) in [5.41, 5.74) is 0.605. The maximum atomic E-state index is 12.1. The summed E-state index contributed by atoms with van der Waals surface area (Å²) in [5, 5.41) is 2.97. The highest BCUT2D eigenvalue weighted by Crippen LogP contribution is 2.16. The molecule has 7 heteroatoms. The number of nitrogens with one attached hydrogen (secondary N) is 1. The molecule has 1 aromatic carbocycles. The third-order valence-corrected chi connectivity index (χ3v) is 6.01. The SMILES string of the molecule is CCS(=O)(=O)N1CCC(NC(=O)c2cccc(Br)c2)CC1. The lowest BCUT2D eigenvalue weighted by molar-refractivity contribution is 0.0924. The number of benzene rings is 1. The number of sulfonamides is 1. The van der Waals surface area contributed by atoms with Crippen LogP contribution in [-0.4, -0.2) is 43.5 Å². The van der Waals surface area contributed by atoms with E-state index in [1.165, 1.54) is 4.31 Å². The monoisotopic (exact) mass is 374 g/mol. The fraction of sp³-hybridized carbons (Fsp3) is 0.500. The van der Waals surface area contributed by atoms with Crippen molar-refractivity contribution in [3.05, 3.63) is 34.3 Å². The van der Waals surface area contributed by atoms with Gasteiger partial charge < -0.3 is 5.32 Å². The van der Waals surface area contributed by atoms with Crippen LogP contribution in [0.4, 0.5) is 0 Å². The zero-order valence-corrected chi connectivity index (χ0v) is 14.3. The van der Waals surface area contributed by atoms with E-state index < -0.39 is 10.0 Å². The minimum absolute atomic E-state index is 0.0276. The highest BCUT2D eigenvalue weighted by Gasteiger charge is 2.27. The second-order valence-electron chi connectivity index (χ2n) is 5.06. The van der Waals surface area contributed by atoms with E-state index in [9.17, 15) is 13.2 Å². The minimum Gasteiger partial charge on any atom is -0.349 e. The van der Waals surface area contributed by atoms with Crippen molar-refractivity contribution in [1.82, 2.24) is 9.62 Å². The first-order valence-electron chi connectivity index (χ1n) is 6.96. The largest absolute Gasteiger partial charge is 0.349 e. The molecule has 1 N–H and O–H groups in total. The Kier molecular flexibility index (Phi) is 5.40. The Morgan fingerprint density at radius 3 is 2.62 bits per heavy atom. The summed E-state index contributed by atoms with van der Waals surface area (Å²) in [5.74, 6) is 0.00955. The Hall–Kier alpha value is -0.920. The van der Waals surface area contributed by atoms with E-state index in [4.69, 9.17) is 0 Å². The Morgan fingerprint density at radius 1 is 1.38 bits per heavy atom. The van der Waals surface area contributed by atoms with Crippen LogP contribution in [0.15, 0.2) is 28.7 Å². The van der Waals surface area contributed by atoms with E-state index in [1.54, 1.807) is 19.1 Å². The number of carbonyl (C=O) groups excluding carboxylic acids is 1. The smallest absolute Gasteiger partial charge is 0.251 e. The summed E-state index contributed by atoms with van der Waals surface area (Å²) >= 11 is 3.34. The van der Waals surface area contributed by atoms with Crippen molar-refractivity contribution in [2.24, 2.45) is 0 Å². The Balaban J connectivity index is 1.91. The van der Waals surface area contributed by atoms with Gasteiger partial charge in [0.15, 0.2) is 0 Å². The van der Waals surface area contributed by atoms with E-state index in [2.05, 4.69) is 21.2 Å². The Bertz CT molecular complexity index is 610. The number of halogens is 1. The predicted octanol–water partition coefficient (Wildman–Crippen LogP) is 1.99. The van der Waals surface area contributed by atoms with Crippen molar-refractivity contribution in [2.45, 2.75) is 25.8 Å². The second kappa shape index (κ2) is 6.89. The third-order valence-electron chi connectivity index (χ3n) is 3.63. The lowest BCUT2D eigenvalue weighted by Crippen LogP contribution is -2.46. The van der Waals surface area contributed by atoms with Gasteiger partial charge >= 0.3 is 0 Å². The molecular formula is C14H19BrN2O3S. The highest BCUT2D eigenvalue weighted by molar-refractivity contribution is 9.10. The van der Waals surface area contributed by atoms with Gasteiger partial charge in [0.05, 0.1) is 5.75 Å². The number of carbonyl (C=O) groups is 1. The fourth-order valence-electron chi connectivity index (χ4n) is 2.36. The standard InChI is InChI=1S/C14H19BrN2O3S/c1-2-21(19,20)17-8-6-13(7-9-17)16-14(18)11-4-3-5-12(15)10-11/h3-5,10,13H,2,6-9H2,1H3,(H,16,18). The predicted molar refractivity (Wildman–Crippen MR) is 85.7 cm³/mol. The molecule has 0 unspecified atom stereocenters. The summed E-state index contributed by atoms with van der Waals surface area (Å²) in [6, 6.07) is 7.24. The van der Waals surface area contributed by atoms with E-state index in [-0.39, 0.29) is 17.7 Å². The number of piperidine rings is 1. The van der Waals surface area contributed by atoms with Crippen molar-refractivity contribution in [1.29, 1.82) is 0 Å². The zero-order chi connectivity index (χ0) is 15.5. The summed E-state index contributed by atoms with van der Waals surface area (Å²) < 4.78 is 25.9. The summed E-state index contributed by atoms with van der Waals surface area (Å²) in [4.78, 5) is 12.1. The number of nitrogens with zero attached hydrogens (tertiary/aromatic N) is 1. The van der Waals surface area contributed by atoms with E-state index in [1.807, 2.05) is 12.1 Å². The fourth-order valence-corrected chi connectivity index (χ4v) is 3.89. The van der Waals surface area contributed by atoms with Crippen LogP contribution < -0.4 is 5.32 Å². The quantitative estimate of drug-likeness (QED) is 0.876. The van der Waals surface area contributed by atoms with Gasteiger partial charge in [-0.15, -0.1) is 0 Å². The molecule has 5 nitrogen and oxygen atoms in total. The topological polar surface area (TPSA) is 66.5 Å². The van der Waals surface area contributed by atoms with Crippen LogP contribution in [0.1, 0.15) is 30.1 Å². The van der Waals surface area contributed by atoms with Gasteiger partial charge in [0.1, 0.15) is 0 Å².